The van der Waals surface area contributed by atoms with E-state index in [9.17, 15) is 9.18 Å². The van der Waals surface area contributed by atoms with Gasteiger partial charge in [-0.15, -0.1) is 0 Å². The Bertz CT molecular complexity index is 1480. The van der Waals surface area contributed by atoms with Crippen LogP contribution in [0.4, 0.5) is 4.39 Å². The highest BCUT2D eigenvalue weighted by atomic mass is 19.1. The zero-order valence-corrected chi connectivity index (χ0v) is 19.7. The number of halogens is 1. The van der Waals surface area contributed by atoms with Gasteiger partial charge < -0.3 is 19.2 Å². The molecule has 0 spiro atoms. The zero-order chi connectivity index (χ0) is 25.1. The zero-order valence-electron chi connectivity index (χ0n) is 19.7. The molecule has 2 aromatic heterocycles. The Labute approximate surface area is 207 Å². The van der Waals surface area contributed by atoms with Crippen LogP contribution in [0.5, 0.6) is 11.5 Å². The lowest BCUT2D eigenvalue weighted by molar-refractivity contribution is 0.0854. The maximum Gasteiger partial charge on any atom is 0.287 e. The standard InChI is InChI=1S/C28H24FN3O4/c1-18(31-28(33)26-7-4-14-35-26)27(19-5-3-6-23(15-19)34-2)36-24-12-13-25-20(16-24)17-30-32(25)22-10-8-21(29)9-11-22/h3-18,27H,1-2H3,(H,31,33)/t18-,27+/m0/s1. The van der Waals surface area contributed by atoms with Gasteiger partial charge in [0.2, 0.25) is 0 Å². The fraction of sp³-hybridized carbons (Fsp3) is 0.143. The van der Waals surface area contributed by atoms with Gasteiger partial charge in [-0.25, -0.2) is 9.07 Å². The summed E-state index contributed by atoms with van der Waals surface area (Å²) in [5, 5.41) is 8.27. The number of carbonyl (C=O) groups is 1. The minimum Gasteiger partial charge on any atom is -0.497 e. The predicted molar refractivity (Wildman–Crippen MR) is 133 cm³/mol. The molecule has 0 radical (unpaired) electrons. The van der Waals surface area contributed by atoms with Crippen LogP contribution in [-0.2, 0) is 0 Å². The number of rotatable bonds is 8. The molecule has 1 amide bonds. The predicted octanol–water partition coefficient (Wildman–Crippen LogP) is 5.70. The number of hydrogen-bond acceptors (Lipinski definition) is 5. The summed E-state index contributed by atoms with van der Waals surface area (Å²) in [6, 6.07) is 22.2. The van der Waals surface area contributed by atoms with Crippen molar-refractivity contribution in [1.82, 2.24) is 15.1 Å². The number of fused-ring (bicyclic) bond motifs is 1. The number of furan rings is 1. The quantitative estimate of drug-likeness (QED) is 0.305. The van der Waals surface area contributed by atoms with Crippen LogP contribution in [-0.4, -0.2) is 28.8 Å². The second-order valence-corrected chi connectivity index (χ2v) is 8.31. The smallest absolute Gasteiger partial charge is 0.287 e. The Morgan fingerprint density at radius 1 is 1.03 bits per heavy atom. The number of nitrogens with zero attached hydrogens (tertiary/aromatic N) is 2. The lowest BCUT2D eigenvalue weighted by Gasteiger charge is -2.26. The van der Waals surface area contributed by atoms with Gasteiger partial charge in [0.15, 0.2) is 5.76 Å². The van der Waals surface area contributed by atoms with Crippen molar-refractivity contribution < 1.29 is 23.1 Å². The van der Waals surface area contributed by atoms with E-state index in [1.165, 1.54) is 18.4 Å². The second kappa shape index (κ2) is 9.95. The van der Waals surface area contributed by atoms with Crippen molar-refractivity contribution in [2.75, 3.05) is 7.11 Å². The summed E-state index contributed by atoms with van der Waals surface area (Å²) in [4.78, 5) is 12.6. The average molecular weight is 486 g/mol. The van der Waals surface area contributed by atoms with Gasteiger partial charge in [-0.2, -0.15) is 5.10 Å². The van der Waals surface area contributed by atoms with Crippen molar-refractivity contribution in [3.8, 4) is 17.2 Å². The second-order valence-electron chi connectivity index (χ2n) is 8.31. The van der Waals surface area contributed by atoms with Crippen molar-refractivity contribution in [2.24, 2.45) is 0 Å². The van der Waals surface area contributed by atoms with Gasteiger partial charge in [0.1, 0.15) is 23.4 Å². The van der Waals surface area contributed by atoms with Crippen molar-refractivity contribution >= 4 is 16.8 Å². The van der Waals surface area contributed by atoms with Gasteiger partial charge >= 0.3 is 0 Å². The van der Waals surface area contributed by atoms with Crippen molar-refractivity contribution in [3.05, 3.63) is 108 Å². The van der Waals surface area contributed by atoms with Crippen LogP contribution in [0.25, 0.3) is 16.6 Å². The number of benzene rings is 3. The molecule has 0 unspecified atom stereocenters. The fourth-order valence-corrected chi connectivity index (χ4v) is 4.06. The Morgan fingerprint density at radius 3 is 2.61 bits per heavy atom. The van der Waals surface area contributed by atoms with Crippen LogP contribution in [0.3, 0.4) is 0 Å². The van der Waals surface area contributed by atoms with E-state index in [1.54, 1.807) is 42.3 Å². The van der Waals surface area contributed by atoms with Gasteiger partial charge in [0, 0.05) is 5.39 Å². The Balaban J connectivity index is 1.44. The third kappa shape index (κ3) is 4.79. The number of methoxy groups -OCH3 is 1. The van der Waals surface area contributed by atoms with Gasteiger partial charge in [0.05, 0.1) is 36.8 Å². The Hall–Kier alpha value is -4.59. The summed E-state index contributed by atoms with van der Waals surface area (Å²) in [5.74, 6) is 0.874. The Morgan fingerprint density at radius 2 is 1.86 bits per heavy atom. The average Bonchev–Trinajstić information content (AvgIpc) is 3.58. The topological polar surface area (TPSA) is 78.5 Å². The first-order valence-electron chi connectivity index (χ1n) is 11.4. The van der Waals surface area contributed by atoms with E-state index in [0.717, 1.165) is 22.2 Å². The molecular weight excluding hydrogens is 461 g/mol. The monoisotopic (exact) mass is 485 g/mol. The summed E-state index contributed by atoms with van der Waals surface area (Å²) in [6.07, 6.45) is 2.66. The van der Waals surface area contributed by atoms with E-state index in [-0.39, 0.29) is 17.5 Å². The maximum absolute atomic E-state index is 13.3. The van der Waals surface area contributed by atoms with E-state index >= 15 is 0 Å². The summed E-state index contributed by atoms with van der Waals surface area (Å²) in [6.45, 7) is 1.87. The number of hydrogen-bond donors (Lipinski definition) is 1. The SMILES string of the molecule is COc1cccc([C@H](Oc2ccc3c(cnn3-c3ccc(F)cc3)c2)[C@H](C)NC(=O)c2ccco2)c1. The van der Waals surface area contributed by atoms with Crippen molar-refractivity contribution in [1.29, 1.82) is 0 Å². The molecule has 1 N–H and O–H groups in total. The molecule has 182 valence electrons. The fourth-order valence-electron chi connectivity index (χ4n) is 4.06. The van der Waals surface area contributed by atoms with E-state index in [1.807, 2.05) is 49.4 Å². The molecule has 0 aliphatic heterocycles. The number of carbonyl (C=O) groups excluding carboxylic acids is 1. The van der Waals surface area contributed by atoms with E-state index in [2.05, 4.69) is 10.4 Å². The highest BCUT2D eigenvalue weighted by Gasteiger charge is 2.25. The molecule has 0 saturated heterocycles. The number of ether oxygens (including phenoxy) is 2. The molecule has 7 nitrogen and oxygen atoms in total. The van der Waals surface area contributed by atoms with E-state index < -0.39 is 12.1 Å². The van der Waals surface area contributed by atoms with Crippen LogP contribution in [0, 0.1) is 5.82 Å². The highest BCUT2D eigenvalue weighted by Crippen LogP contribution is 2.30. The third-order valence-electron chi connectivity index (χ3n) is 5.85. The lowest BCUT2D eigenvalue weighted by Crippen LogP contribution is -2.39. The maximum atomic E-state index is 13.3. The van der Waals surface area contributed by atoms with Crippen molar-refractivity contribution in [3.63, 3.8) is 0 Å². The molecule has 36 heavy (non-hydrogen) atoms. The summed E-state index contributed by atoms with van der Waals surface area (Å²) >= 11 is 0. The van der Waals surface area contributed by atoms with Crippen LogP contribution >= 0.6 is 0 Å². The normalized spacial score (nSPS) is 12.8. The summed E-state index contributed by atoms with van der Waals surface area (Å²) in [7, 11) is 1.60. The van der Waals surface area contributed by atoms with Crippen molar-refractivity contribution in [2.45, 2.75) is 19.1 Å². The summed E-state index contributed by atoms with van der Waals surface area (Å²) in [5.41, 5.74) is 2.44. The molecule has 0 bridgehead atoms. The van der Waals surface area contributed by atoms with E-state index in [4.69, 9.17) is 13.9 Å². The number of nitrogens with one attached hydrogen (secondary N) is 1. The Kier molecular flexibility index (Phi) is 6.40. The minimum absolute atomic E-state index is 0.223. The van der Waals surface area contributed by atoms with Crippen LogP contribution in [0.2, 0.25) is 0 Å². The molecule has 0 aliphatic carbocycles. The molecule has 2 atom stereocenters. The largest absolute Gasteiger partial charge is 0.497 e. The van der Waals surface area contributed by atoms with Gasteiger partial charge in [-0.3, -0.25) is 4.79 Å². The first-order chi connectivity index (χ1) is 17.5. The molecule has 8 heteroatoms. The summed E-state index contributed by atoms with van der Waals surface area (Å²) < 4.78 is 32.1. The molecule has 5 aromatic rings. The van der Waals surface area contributed by atoms with Gasteiger partial charge in [-0.05, 0) is 79.2 Å². The van der Waals surface area contributed by atoms with E-state index in [0.29, 0.717) is 11.5 Å². The van der Waals surface area contributed by atoms with Gasteiger partial charge in [0.25, 0.3) is 5.91 Å². The number of aromatic nitrogens is 2. The molecule has 2 heterocycles. The molecule has 0 fully saturated rings. The molecule has 5 rings (SSSR count). The molecular formula is C28H24FN3O4. The molecule has 3 aromatic carbocycles. The first kappa shape index (κ1) is 23.2. The van der Waals surface area contributed by atoms with Crippen LogP contribution in [0.1, 0.15) is 29.1 Å². The highest BCUT2D eigenvalue weighted by molar-refractivity contribution is 5.91. The lowest BCUT2D eigenvalue weighted by atomic mass is 10.0. The molecule has 0 aliphatic rings. The molecule has 0 saturated carbocycles. The van der Waals surface area contributed by atoms with Gasteiger partial charge in [-0.1, -0.05) is 12.1 Å². The van der Waals surface area contributed by atoms with Crippen LogP contribution in [0.15, 0.2) is 95.7 Å². The minimum atomic E-state index is -0.524. The first-order valence-corrected chi connectivity index (χ1v) is 11.4. The third-order valence-corrected chi connectivity index (χ3v) is 5.85. The number of amides is 1. The van der Waals surface area contributed by atoms with Crippen LogP contribution < -0.4 is 14.8 Å².